The largest absolute Gasteiger partial charge is 0.484 e. The van der Waals surface area contributed by atoms with E-state index in [1.807, 2.05) is 0 Å². The summed E-state index contributed by atoms with van der Waals surface area (Å²) in [5.41, 5.74) is 1.17. The number of rotatable bonds is 5. The van der Waals surface area contributed by atoms with Crippen LogP contribution in [0.5, 0.6) is 11.5 Å². The minimum Gasteiger partial charge on any atom is -0.484 e. The number of amides is 2. The van der Waals surface area contributed by atoms with Crippen molar-refractivity contribution in [3.8, 4) is 11.5 Å². The molecule has 1 aliphatic rings. The van der Waals surface area contributed by atoms with Crippen molar-refractivity contribution < 1.29 is 23.9 Å². The van der Waals surface area contributed by atoms with Crippen LogP contribution >= 0.6 is 0 Å². The topological polar surface area (TPSA) is 84.9 Å². The fourth-order valence-corrected chi connectivity index (χ4v) is 2.78. The van der Waals surface area contributed by atoms with Gasteiger partial charge in [-0.2, -0.15) is 0 Å². The molecule has 0 spiro atoms. The van der Waals surface area contributed by atoms with Gasteiger partial charge in [-0.25, -0.2) is 0 Å². The second-order valence-corrected chi connectivity index (χ2v) is 6.06. The van der Waals surface area contributed by atoms with Gasteiger partial charge in [-0.3, -0.25) is 14.4 Å². The summed E-state index contributed by atoms with van der Waals surface area (Å²) in [5, 5.41) is 2.54. The van der Waals surface area contributed by atoms with Crippen LogP contribution in [-0.2, 0) is 9.59 Å². The minimum atomic E-state index is -0.788. The van der Waals surface area contributed by atoms with Crippen LogP contribution in [0.3, 0.4) is 0 Å². The molecule has 1 N–H and O–H groups in total. The van der Waals surface area contributed by atoms with Crippen LogP contribution in [0.2, 0.25) is 0 Å². The Balaban J connectivity index is 1.72. The third-order valence-corrected chi connectivity index (χ3v) is 4.24. The van der Waals surface area contributed by atoms with Crippen LogP contribution in [0, 0.1) is 0 Å². The molecule has 1 aliphatic heterocycles. The summed E-state index contributed by atoms with van der Waals surface area (Å²) in [7, 11) is 1.52. The van der Waals surface area contributed by atoms with Crippen molar-refractivity contribution in [3.05, 3.63) is 54.1 Å². The van der Waals surface area contributed by atoms with E-state index in [2.05, 4.69) is 5.32 Å². The van der Waals surface area contributed by atoms with E-state index in [9.17, 15) is 14.4 Å². The third-order valence-electron chi connectivity index (χ3n) is 4.24. The molecule has 0 saturated heterocycles. The van der Waals surface area contributed by atoms with E-state index in [0.29, 0.717) is 22.7 Å². The van der Waals surface area contributed by atoms with Crippen molar-refractivity contribution in [2.45, 2.75) is 13.0 Å². The normalized spacial score (nSPS) is 15.3. The van der Waals surface area contributed by atoms with Crippen LogP contribution in [0.15, 0.2) is 48.5 Å². The molecule has 0 saturated carbocycles. The number of likely N-dealkylation sites (N-methyl/N-ethyl adjacent to an activating group) is 1. The number of benzene rings is 2. The fraction of sp³-hybridized carbons (Fsp3) is 0.250. The molecular weight excluding hydrogens is 348 g/mol. The standard InChI is InChI=1S/C20H20N2O5/c1-13(23)14-7-9-15(10-8-14)26-12-19(24)22-11-18(20(25)21-2)27-17-6-4-3-5-16(17)22/h3-10,18H,11-12H2,1-2H3,(H,21,25)/t18-/m1/s1. The number of carbonyl (C=O) groups excluding carboxylic acids is 3. The number of carbonyl (C=O) groups is 3. The molecule has 2 amide bonds. The zero-order valence-corrected chi connectivity index (χ0v) is 15.1. The Kier molecular flexibility index (Phi) is 5.40. The van der Waals surface area contributed by atoms with Gasteiger partial charge in [0.25, 0.3) is 11.8 Å². The summed E-state index contributed by atoms with van der Waals surface area (Å²) >= 11 is 0. The number of para-hydroxylation sites is 2. The number of anilines is 1. The average molecular weight is 368 g/mol. The molecule has 0 bridgehead atoms. The lowest BCUT2D eigenvalue weighted by molar-refractivity contribution is -0.128. The molecule has 140 valence electrons. The van der Waals surface area contributed by atoms with Crippen molar-refractivity contribution in [2.24, 2.45) is 0 Å². The lowest BCUT2D eigenvalue weighted by Crippen LogP contribution is -2.51. The molecule has 0 fully saturated rings. The van der Waals surface area contributed by atoms with Crippen LogP contribution in [0.25, 0.3) is 0 Å². The molecule has 3 rings (SSSR count). The molecule has 7 heteroatoms. The first-order valence-corrected chi connectivity index (χ1v) is 8.51. The van der Waals surface area contributed by atoms with Crippen molar-refractivity contribution in [3.63, 3.8) is 0 Å². The van der Waals surface area contributed by atoms with Gasteiger partial charge in [0.2, 0.25) is 0 Å². The van der Waals surface area contributed by atoms with Crippen molar-refractivity contribution in [2.75, 3.05) is 25.1 Å². The molecule has 1 atom stereocenters. The molecule has 0 aromatic heterocycles. The highest BCUT2D eigenvalue weighted by Gasteiger charge is 2.33. The van der Waals surface area contributed by atoms with E-state index < -0.39 is 6.10 Å². The van der Waals surface area contributed by atoms with Crippen LogP contribution in [0.4, 0.5) is 5.69 Å². The summed E-state index contributed by atoms with van der Waals surface area (Å²) in [6, 6.07) is 13.6. The zero-order valence-electron chi connectivity index (χ0n) is 15.1. The molecule has 0 radical (unpaired) electrons. The van der Waals surface area contributed by atoms with E-state index in [4.69, 9.17) is 9.47 Å². The number of ether oxygens (including phenoxy) is 2. The smallest absolute Gasteiger partial charge is 0.265 e. The maximum Gasteiger partial charge on any atom is 0.265 e. The van der Waals surface area contributed by atoms with E-state index in [-0.39, 0.29) is 30.7 Å². The number of hydrogen-bond donors (Lipinski definition) is 1. The maximum atomic E-state index is 12.7. The van der Waals surface area contributed by atoms with Gasteiger partial charge >= 0.3 is 0 Å². The summed E-state index contributed by atoms with van der Waals surface area (Å²) < 4.78 is 11.2. The first-order valence-electron chi connectivity index (χ1n) is 8.51. The molecule has 1 heterocycles. The number of ketones is 1. The molecule has 2 aromatic carbocycles. The average Bonchev–Trinajstić information content (AvgIpc) is 2.70. The number of nitrogens with zero attached hydrogens (tertiary/aromatic N) is 1. The van der Waals surface area contributed by atoms with E-state index in [0.717, 1.165) is 0 Å². The predicted octanol–water partition coefficient (Wildman–Crippen LogP) is 1.81. The van der Waals surface area contributed by atoms with Gasteiger partial charge in [0.15, 0.2) is 18.5 Å². The molecule has 27 heavy (non-hydrogen) atoms. The highest BCUT2D eigenvalue weighted by atomic mass is 16.5. The molecule has 0 aliphatic carbocycles. The Hall–Kier alpha value is -3.35. The van der Waals surface area contributed by atoms with Crippen LogP contribution < -0.4 is 19.7 Å². The van der Waals surface area contributed by atoms with Gasteiger partial charge in [-0.05, 0) is 43.3 Å². The zero-order chi connectivity index (χ0) is 19.4. The maximum absolute atomic E-state index is 12.7. The minimum absolute atomic E-state index is 0.0391. The highest BCUT2D eigenvalue weighted by molar-refractivity contribution is 5.98. The molecule has 0 unspecified atom stereocenters. The van der Waals surface area contributed by atoms with Crippen molar-refractivity contribution in [1.82, 2.24) is 5.32 Å². The third kappa shape index (κ3) is 4.08. The number of Topliss-reactive ketones (excluding diaryl/α,β-unsaturated/α-hetero) is 1. The fourth-order valence-electron chi connectivity index (χ4n) is 2.78. The van der Waals surface area contributed by atoms with E-state index in [1.165, 1.54) is 18.9 Å². The monoisotopic (exact) mass is 368 g/mol. The summed E-state index contributed by atoms with van der Waals surface area (Å²) in [6.45, 7) is 1.38. The second kappa shape index (κ2) is 7.90. The summed E-state index contributed by atoms with van der Waals surface area (Å²) in [4.78, 5) is 37.5. The summed E-state index contributed by atoms with van der Waals surface area (Å²) in [6.07, 6.45) is -0.788. The summed E-state index contributed by atoms with van der Waals surface area (Å²) in [5.74, 6) is 0.315. The Morgan fingerprint density at radius 2 is 1.85 bits per heavy atom. The predicted molar refractivity (Wildman–Crippen MR) is 99.2 cm³/mol. The number of hydrogen-bond acceptors (Lipinski definition) is 5. The van der Waals surface area contributed by atoms with Crippen LogP contribution in [-0.4, -0.2) is 43.9 Å². The van der Waals surface area contributed by atoms with E-state index in [1.54, 1.807) is 48.5 Å². The number of fused-ring (bicyclic) bond motifs is 1. The van der Waals surface area contributed by atoms with Gasteiger partial charge in [-0.1, -0.05) is 12.1 Å². The Bertz CT molecular complexity index is 863. The first-order chi connectivity index (χ1) is 13.0. The van der Waals surface area contributed by atoms with E-state index >= 15 is 0 Å². The van der Waals surface area contributed by atoms with Gasteiger partial charge < -0.3 is 19.7 Å². The second-order valence-electron chi connectivity index (χ2n) is 6.06. The molecule has 2 aromatic rings. The Labute approximate surface area is 156 Å². The van der Waals surface area contributed by atoms with Gasteiger partial charge in [0.05, 0.1) is 12.2 Å². The lowest BCUT2D eigenvalue weighted by Gasteiger charge is -2.33. The van der Waals surface area contributed by atoms with Crippen molar-refractivity contribution >= 4 is 23.3 Å². The quantitative estimate of drug-likeness (QED) is 0.814. The lowest BCUT2D eigenvalue weighted by atomic mass is 10.1. The highest BCUT2D eigenvalue weighted by Crippen LogP contribution is 2.33. The first kappa shape index (κ1) is 18.4. The van der Waals surface area contributed by atoms with Gasteiger partial charge in [0, 0.05) is 12.6 Å². The van der Waals surface area contributed by atoms with Gasteiger partial charge in [-0.15, -0.1) is 0 Å². The SMILES string of the molecule is CNC(=O)[C@H]1CN(C(=O)COc2ccc(C(C)=O)cc2)c2ccccc2O1. The van der Waals surface area contributed by atoms with Gasteiger partial charge in [0.1, 0.15) is 11.5 Å². The Morgan fingerprint density at radius 3 is 2.52 bits per heavy atom. The molecule has 7 nitrogen and oxygen atoms in total. The Morgan fingerprint density at radius 1 is 1.15 bits per heavy atom. The number of nitrogens with one attached hydrogen (secondary N) is 1. The van der Waals surface area contributed by atoms with Crippen molar-refractivity contribution in [1.29, 1.82) is 0 Å². The molecular formula is C20H20N2O5. The van der Waals surface area contributed by atoms with Crippen LogP contribution in [0.1, 0.15) is 17.3 Å².